The van der Waals surface area contributed by atoms with Crippen LogP contribution in [0.4, 0.5) is 11.4 Å². The number of nitro benzene ring substituents is 2. The van der Waals surface area contributed by atoms with Gasteiger partial charge in [-0.2, -0.15) is 0 Å². The minimum Gasteiger partial charge on any atom is -0.349 e. The first kappa shape index (κ1) is 16.2. The summed E-state index contributed by atoms with van der Waals surface area (Å²) in [6.07, 6.45) is 2.00. The van der Waals surface area contributed by atoms with Crippen molar-refractivity contribution in [2.24, 2.45) is 5.11 Å². The van der Waals surface area contributed by atoms with Gasteiger partial charge in [0.05, 0.1) is 27.5 Å². The van der Waals surface area contributed by atoms with E-state index in [2.05, 4.69) is 15.3 Å². The lowest BCUT2D eigenvalue weighted by Gasteiger charge is -2.16. The molecule has 0 heterocycles. The monoisotopic (exact) mass is 320 g/mol. The number of carbonyl (C=O) groups excluding carboxylic acids is 1. The zero-order chi connectivity index (χ0) is 17.0. The molecule has 0 aliphatic heterocycles. The van der Waals surface area contributed by atoms with Crippen molar-refractivity contribution in [1.82, 2.24) is 5.32 Å². The van der Waals surface area contributed by atoms with Gasteiger partial charge in [0.25, 0.3) is 17.3 Å². The van der Waals surface area contributed by atoms with Crippen LogP contribution in [0, 0.1) is 20.2 Å². The first-order valence-electron chi connectivity index (χ1n) is 6.71. The molecule has 1 fully saturated rings. The first-order valence-corrected chi connectivity index (χ1v) is 6.71. The molecule has 1 N–H and O–H groups in total. The predicted molar refractivity (Wildman–Crippen MR) is 77.8 cm³/mol. The second kappa shape index (κ2) is 6.71. The van der Waals surface area contributed by atoms with E-state index in [1.807, 2.05) is 0 Å². The minimum atomic E-state index is -0.803. The molecule has 1 aliphatic rings. The van der Waals surface area contributed by atoms with Gasteiger partial charge in [-0.25, -0.2) is 0 Å². The molecule has 2 rings (SSSR count). The van der Waals surface area contributed by atoms with Gasteiger partial charge in [0.15, 0.2) is 0 Å². The van der Waals surface area contributed by atoms with E-state index >= 15 is 0 Å². The summed E-state index contributed by atoms with van der Waals surface area (Å²) in [6, 6.07) is 1.95. The molecule has 0 radical (unpaired) electrons. The summed E-state index contributed by atoms with van der Waals surface area (Å²) in [7, 11) is 0. The molecule has 23 heavy (non-hydrogen) atoms. The van der Waals surface area contributed by atoms with Crippen molar-refractivity contribution in [3.63, 3.8) is 0 Å². The topological polar surface area (TPSA) is 164 Å². The standard InChI is InChI=1S/C12H12N6O5/c13-16-15-11-3-1-2-10(11)14-12(19)7-4-8(17(20)21)6-9(5-7)18(22)23/h4-6,10-11H,1-3H2,(H,14,19)/t10-,11-/m0/s1. The molecule has 0 unspecified atom stereocenters. The van der Waals surface area contributed by atoms with Crippen LogP contribution in [0.2, 0.25) is 0 Å². The summed E-state index contributed by atoms with van der Waals surface area (Å²) in [5.41, 5.74) is 7.22. The zero-order valence-corrected chi connectivity index (χ0v) is 11.8. The molecule has 11 nitrogen and oxygen atoms in total. The Morgan fingerprint density at radius 3 is 2.35 bits per heavy atom. The van der Waals surface area contributed by atoms with E-state index in [-0.39, 0.29) is 5.56 Å². The van der Waals surface area contributed by atoms with Crippen LogP contribution in [0.5, 0.6) is 0 Å². The molecule has 1 saturated carbocycles. The third-order valence-electron chi connectivity index (χ3n) is 3.58. The van der Waals surface area contributed by atoms with Crippen molar-refractivity contribution in [3.05, 3.63) is 54.4 Å². The highest BCUT2D eigenvalue weighted by molar-refractivity contribution is 5.95. The number of nitro groups is 2. The average Bonchev–Trinajstić information content (AvgIpc) is 2.94. The van der Waals surface area contributed by atoms with Gasteiger partial charge in [-0.1, -0.05) is 11.5 Å². The number of nitrogens with one attached hydrogen (secondary N) is 1. The molecule has 2 atom stereocenters. The summed E-state index contributed by atoms with van der Waals surface area (Å²) in [5, 5.41) is 27.9. The van der Waals surface area contributed by atoms with Crippen LogP contribution in [0.15, 0.2) is 23.3 Å². The predicted octanol–water partition coefficient (Wildman–Crippen LogP) is 2.46. The van der Waals surface area contributed by atoms with Gasteiger partial charge in [-0.05, 0) is 18.4 Å². The number of amides is 1. The van der Waals surface area contributed by atoms with E-state index in [1.54, 1.807) is 0 Å². The number of benzene rings is 1. The van der Waals surface area contributed by atoms with Gasteiger partial charge >= 0.3 is 0 Å². The summed E-state index contributed by atoms with van der Waals surface area (Å²) < 4.78 is 0. The van der Waals surface area contributed by atoms with E-state index in [0.29, 0.717) is 12.8 Å². The maximum absolute atomic E-state index is 12.2. The van der Waals surface area contributed by atoms with Gasteiger partial charge in [0.1, 0.15) is 0 Å². The van der Waals surface area contributed by atoms with Crippen LogP contribution in [0.25, 0.3) is 10.4 Å². The lowest BCUT2D eigenvalue weighted by atomic mass is 10.1. The molecule has 1 amide bonds. The fourth-order valence-electron chi connectivity index (χ4n) is 2.50. The van der Waals surface area contributed by atoms with Crippen molar-refractivity contribution in [2.75, 3.05) is 0 Å². The molecule has 1 aromatic carbocycles. The maximum atomic E-state index is 12.2. The second-order valence-electron chi connectivity index (χ2n) is 5.04. The molecule has 0 bridgehead atoms. The quantitative estimate of drug-likeness (QED) is 0.289. The third kappa shape index (κ3) is 3.71. The Morgan fingerprint density at radius 1 is 1.22 bits per heavy atom. The Labute approximate surface area is 129 Å². The first-order chi connectivity index (χ1) is 10.9. The Hall–Kier alpha value is -3.20. The molecule has 0 aromatic heterocycles. The third-order valence-corrected chi connectivity index (χ3v) is 3.58. The number of nitrogens with zero attached hydrogens (tertiary/aromatic N) is 5. The summed E-state index contributed by atoms with van der Waals surface area (Å²) in [6.45, 7) is 0. The SMILES string of the molecule is [N-]=[N+]=N[C@H]1CCC[C@@H]1NC(=O)c1cc([N+](=O)[O-])cc([N+](=O)[O-])c1. The van der Waals surface area contributed by atoms with Crippen LogP contribution >= 0.6 is 0 Å². The average molecular weight is 320 g/mol. The van der Waals surface area contributed by atoms with Gasteiger partial charge in [-0.15, -0.1) is 0 Å². The van der Waals surface area contributed by atoms with Gasteiger partial charge in [0.2, 0.25) is 0 Å². The number of hydrogen-bond donors (Lipinski definition) is 1. The lowest BCUT2D eigenvalue weighted by molar-refractivity contribution is -0.394. The van der Waals surface area contributed by atoms with Crippen molar-refractivity contribution in [2.45, 2.75) is 31.3 Å². The molecule has 1 aliphatic carbocycles. The molecular weight excluding hydrogens is 308 g/mol. The molecule has 0 saturated heterocycles. The van der Waals surface area contributed by atoms with E-state index < -0.39 is 39.2 Å². The number of carbonyl (C=O) groups is 1. The highest BCUT2D eigenvalue weighted by atomic mass is 16.6. The molecule has 0 spiro atoms. The highest BCUT2D eigenvalue weighted by Gasteiger charge is 2.29. The van der Waals surface area contributed by atoms with Crippen molar-refractivity contribution in [1.29, 1.82) is 0 Å². The van der Waals surface area contributed by atoms with Crippen LogP contribution in [-0.2, 0) is 0 Å². The van der Waals surface area contributed by atoms with E-state index in [0.717, 1.165) is 24.6 Å². The summed E-state index contributed by atoms with van der Waals surface area (Å²) in [5.74, 6) is -0.679. The van der Waals surface area contributed by atoms with Crippen LogP contribution in [-0.4, -0.2) is 27.8 Å². The smallest absolute Gasteiger partial charge is 0.277 e. The molecule has 120 valence electrons. The summed E-state index contributed by atoms with van der Waals surface area (Å²) >= 11 is 0. The Kier molecular flexibility index (Phi) is 4.72. The Morgan fingerprint density at radius 2 is 1.83 bits per heavy atom. The Bertz CT molecular complexity index is 682. The number of hydrogen-bond acceptors (Lipinski definition) is 6. The summed E-state index contributed by atoms with van der Waals surface area (Å²) in [4.78, 5) is 35.0. The second-order valence-corrected chi connectivity index (χ2v) is 5.04. The minimum absolute atomic E-state index is 0.183. The fraction of sp³-hybridized carbons (Fsp3) is 0.417. The number of rotatable bonds is 5. The number of azide groups is 1. The number of non-ortho nitro benzene ring substituents is 2. The largest absolute Gasteiger partial charge is 0.349 e. The zero-order valence-electron chi connectivity index (χ0n) is 11.8. The maximum Gasteiger partial charge on any atom is 0.277 e. The fourth-order valence-corrected chi connectivity index (χ4v) is 2.50. The highest BCUT2D eigenvalue weighted by Crippen LogP contribution is 2.25. The normalized spacial score (nSPS) is 19.7. The molecule has 1 aromatic rings. The van der Waals surface area contributed by atoms with E-state index in [4.69, 9.17) is 5.53 Å². The Balaban J connectivity index is 2.26. The van der Waals surface area contributed by atoms with Crippen LogP contribution < -0.4 is 5.32 Å². The van der Waals surface area contributed by atoms with Crippen LogP contribution in [0.3, 0.4) is 0 Å². The van der Waals surface area contributed by atoms with Gasteiger partial charge < -0.3 is 5.32 Å². The van der Waals surface area contributed by atoms with Crippen molar-refractivity contribution >= 4 is 17.3 Å². The van der Waals surface area contributed by atoms with Crippen molar-refractivity contribution in [3.8, 4) is 0 Å². The van der Waals surface area contributed by atoms with Gasteiger partial charge in [-0.3, -0.25) is 25.0 Å². The van der Waals surface area contributed by atoms with E-state index in [1.165, 1.54) is 0 Å². The molecular formula is C12H12N6O5. The molecule has 11 heteroatoms. The van der Waals surface area contributed by atoms with Crippen molar-refractivity contribution < 1.29 is 14.6 Å². The lowest BCUT2D eigenvalue weighted by Crippen LogP contribution is -2.39. The van der Waals surface area contributed by atoms with Gasteiger partial charge in [0, 0.05) is 23.1 Å². The van der Waals surface area contributed by atoms with Crippen LogP contribution in [0.1, 0.15) is 29.6 Å². The van der Waals surface area contributed by atoms with E-state index in [9.17, 15) is 25.0 Å².